The Morgan fingerprint density at radius 2 is 1.79 bits per heavy atom. The number of nitro benzene ring substituents is 1. The van der Waals surface area contributed by atoms with E-state index in [9.17, 15) is 18.5 Å². The van der Waals surface area contributed by atoms with Gasteiger partial charge in [0.05, 0.1) is 23.0 Å². The number of rotatable bonds is 4. The Morgan fingerprint density at radius 3 is 2.32 bits per heavy atom. The van der Waals surface area contributed by atoms with Gasteiger partial charge in [0.15, 0.2) is 0 Å². The second kappa shape index (κ2) is 5.61. The summed E-state index contributed by atoms with van der Waals surface area (Å²) in [5.41, 5.74) is -0.141. The molecular weight excluding hydrogens is 274 g/mol. The van der Waals surface area contributed by atoms with Gasteiger partial charge in [-0.1, -0.05) is 4.83 Å². The number of nitrogens with one attached hydrogen (secondary N) is 2. The largest absolute Gasteiger partial charge is 0.370 e. The van der Waals surface area contributed by atoms with Gasteiger partial charge in [-0.25, -0.2) is 13.4 Å². The molecule has 0 atom stereocenters. The quantitative estimate of drug-likeness (QED) is 0.530. The Labute approximate surface area is 110 Å². The van der Waals surface area contributed by atoms with Crippen LogP contribution in [0.4, 0.5) is 5.69 Å². The maximum absolute atomic E-state index is 12.0. The molecule has 0 bridgehead atoms. The lowest BCUT2D eigenvalue weighted by atomic mass is 10.3. The highest BCUT2D eigenvalue weighted by atomic mass is 32.2. The normalized spacial score (nSPS) is 17.3. The summed E-state index contributed by atoms with van der Waals surface area (Å²) in [5, 5.41) is 11.2. The minimum absolute atomic E-state index is 0.0112. The number of morpholine rings is 1. The predicted molar refractivity (Wildman–Crippen MR) is 64.9 cm³/mol. The zero-order valence-corrected chi connectivity index (χ0v) is 10.9. The lowest BCUT2D eigenvalue weighted by Crippen LogP contribution is -3.20. The van der Waals surface area contributed by atoms with Gasteiger partial charge in [0.2, 0.25) is 0 Å². The molecule has 104 valence electrons. The summed E-state index contributed by atoms with van der Waals surface area (Å²) in [4.78, 5) is 12.4. The van der Waals surface area contributed by atoms with E-state index >= 15 is 0 Å². The molecule has 0 unspecified atom stereocenters. The summed E-state index contributed by atoms with van der Waals surface area (Å²) >= 11 is 0. The van der Waals surface area contributed by atoms with Crippen LogP contribution < -0.4 is 9.84 Å². The molecule has 2 N–H and O–H groups in total. The number of hydrogen-bond acceptors (Lipinski definition) is 5. The highest BCUT2D eigenvalue weighted by Gasteiger charge is 2.23. The van der Waals surface area contributed by atoms with Crippen molar-refractivity contribution >= 4 is 15.7 Å². The average Bonchev–Trinajstić information content (AvgIpc) is 2.39. The first-order valence-corrected chi connectivity index (χ1v) is 7.17. The standard InChI is InChI=1S/C10H13N3O5S/c14-13(15)9-1-3-10(4-2-9)19(16,17)11-12-5-7-18-8-6-12/h1-4,11H,5-8H2/p+1. The molecule has 0 aliphatic carbocycles. The molecule has 8 nitrogen and oxygen atoms in total. The Bertz CT molecular complexity index is 551. The van der Waals surface area contributed by atoms with Gasteiger partial charge < -0.3 is 4.74 Å². The fourth-order valence-electron chi connectivity index (χ4n) is 1.72. The first-order valence-electron chi connectivity index (χ1n) is 5.69. The van der Waals surface area contributed by atoms with Gasteiger partial charge in [-0.3, -0.25) is 10.1 Å². The van der Waals surface area contributed by atoms with E-state index < -0.39 is 14.9 Å². The zero-order valence-electron chi connectivity index (χ0n) is 10.0. The number of nitrogens with zero attached hydrogens (tertiary/aromatic N) is 1. The first kappa shape index (κ1) is 13.9. The van der Waals surface area contributed by atoms with Crippen LogP contribution in [-0.4, -0.2) is 39.6 Å². The van der Waals surface area contributed by atoms with Crippen LogP contribution in [0.15, 0.2) is 29.2 Å². The van der Waals surface area contributed by atoms with Gasteiger partial charge in [0, 0.05) is 12.1 Å². The average molecular weight is 288 g/mol. The Hall–Kier alpha value is -1.55. The summed E-state index contributed by atoms with van der Waals surface area (Å²) < 4.78 is 29.2. The van der Waals surface area contributed by atoms with Gasteiger partial charge in [0.25, 0.3) is 15.7 Å². The van der Waals surface area contributed by atoms with E-state index in [1.165, 1.54) is 24.3 Å². The van der Waals surface area contributed by atoms with E-state index in [0.717, 1.165) is 0 Å². The van der Waals surface area contributed by atoms with Crippen molar-refractivity contribution in [1.82, 2.24) is 4.83 Å². The SMILES string of the molecule is O=[N+]([O-])c1ccc(S(=O)(=O)N[NH+]2CCOCC2)cc1. The maximum Gasteiger partial charge on any atom is 0.282 e. The van der Waals surface area contributed by atoms with Gasteiger partial charge in [-0.2, -0.15) is 0 Å². The molecule has 1 saturated heterocycles. The number of sulfonamides is 1. The van der Waals surface area contributed by atoms with Crippen molar-refractivity contribution in [3.63, 3.8) is 0 Å². The second-order valence-electron chi connectivity index (χ2n) is 4.07. The van der Waals surface area contributed by atoms with Crippen LogP contribution in [0.1, 0.15) is 0 Å². The fourth-order valence-corrected chi connectivity index (χ4v) is 2.91. The molecule has 9 heteroatoms. The Balaban J connectivity index is 2.12. The zero-order chi connectivity index (χ0) is 13.9. The van der Waals surface area contributed by atoms with Crippen molar-refractivity contribution in [3.05, 3.63) is 34.4 Å². The topological polar surface area (TPSA) is 103 Å². The lowest BCUT2D eigenvalue weighted by molar-refractivity contribution is -0.938. The minimum Gasteiger partial charge on any atom is -0.370 e. The summed E-state index contributed by atoms with van der Waals surface area (Å²) in [6.07, 6.45) is 0. The molecular formula is C10H14N3O5S+. The second-order valence-corrected chi connectivity index (χ2v) is 5.75. The third kappa shape index (κ3) is 3.47. The predicted octanol–water partition coefficient (Wildman–Crippen LogP) is -1.30. The minimum atomic E-state index is -3.67. The first-order chi connectivity index (χ1) is 8.99. The summed E-state index contributed by atoms with van der Waals surface area (Å²) in [5.74, 6) is 0. The number of nitro groups is 1. The molecule has 1 fully saturated rings. The van der Waals surface area contributed by atoms with Crippen molar-refractivity contribution in [2.24, 2.45) is 0 Å². The van der Waals surface area contributed by atoms with Gasteiger partial charge in [0.1, 0.15) is 13.1 Å². The van der Waals surface area contributed by atoms with E-state index in [4.69, 9.17) is 4.74 Å². The van der Waals surface area contributed by atoms with Crippen LogP contribution in [-0.2, 0) is 14.8 Å². The highest BCUT2D eigenvalue weighted by Crippen LogP contribution is 2.14. The van der Waals surface area contributed by atoms with Crippen molar-refractivity contribution in [1.29, 1.82) is 0 Å². The number of quaternary nitrogens is 1. The summed E-state index contributed by atoms with van der Waals surface area (Å²) in [6, 6.07) is 4.78. The Morgan fingerprint density at radius 1 is 1.21 bits per heavy atom. The lowest BCUT2D eigenvalue weighted by Gasteiger charge is -2.23. The number of benzene rings is 1. The molecule has 1 heterocycles. The van der Waals surface area contributed by atoms with Crippen LogP contribution in [0.2, 0.25) is 0 Å². The van der Waals surface area contributed by atoms with Crippen LogP contribution in [0.5, 0.6) is 0 Å². The smallest absolute Gasteiger partial charge is 0.282 e. The molecule has 19 heavy (non-hydrogen) atoms. The molecule has 0 spiro atoms. The van der Waals surface area contributed by atoms with Crippen LogP contribution in [0, 0.1) is 10.1 Å². The molecule has 2 rings (SSSR count). The van der Waals surface area contributed by atoms with E-state index in [0.29, 0.717) is 31.3 Å². The molecule has 1 aromatic carbocycles. The van der Waals surface area contributed by atoms with E-state index in [1.54, 1.807) is 0 Å². The monoisotopic (exact) mass is 288 g/mol. The molecule has 0 aromatic heterocycles. The third-order valence-electron chi connectivity index (χ3n) is 2.73. The van der Waals surface area contributed by atoms with E-state index in [-0.39, 0.29) is 10.6 Å². The van der Waals surface area contributed by atoms with Crippen molar-refractivity contribution in [2.75, 3.05) is 26.3 Å². The third-order valence-corrected chi connectivity index (χ3v) is 4.18. The maximum atomic E-state index is 12.0. The van der Waals surface area contributed by atoms with E-state index in [1.807, 2.05) is 0 Å². The van der Waals surface area contributed by atoms with Crippen molar-refractivity contribution < 1.29 is 23.1 Å². The molecule has 0 saturated carbocycles. The fraction of sp³-hybridized carbons (Fsp3) is 0.400. The summed E-state index contributed by atoms with van der Waals surface area (Å²) in [7, 11) is -3.67. The number of hydrogen-bond donors (Lipinski definition) is 2. The molecule has 1 aliphatic rings. The van der Waals surface area contributed by atoms with Gasteiger partial charge in [-0.15, -0.1) is 0 Å². The van der Waals surface area contributed by atoms with Crippen LogP contribution in [0.3, 0.4) is 0 Å². The number of non-ortho nitro benzene ring substituents is 1. The van der Waals surface area contributed by atoms with Crippen molar-refractivity contribution in [2.45, 2.75) is 4.90 Å². The van der Waals surface area contributed by atoms with Crippen LogP contribution >= 0.6 is 0 Å². The highest BCUT2D eigenvalue weighted by molar-refractivity contribution is 7.89. The summed E-state index contributed by atoms with van der Waals surface area (Å²) in [6.45, 7) is 2.09. The molecule has 1 aromatic rings. The van der Waals surface area contributed by atoms with E-state index in [2.05, 4.69) is 4.83 Å². The number of ether oxygens (including phenoxy) is 1. The molecule has 1 aliphatic heterocycles. The molecule has 0 amide bonds. The van der Waals surface area contributed by atoms with Gasteiger partial charge in [-0.05, 0) is 12.1 Å². The molecule has 0 radical (unpaired) electrons. The Kier molecular flexibility index (Phi) is 4.10. The van der Waals surface area contributed by atoms with Crippen molar-refractivity contribution in [3.8, 4) is 0 Å². The van der Waals surface area contributed by atoms with Gasteiger partial charge >= 0.3 is 0 Å². The van der Waals surface area contributed by atoms with Crippen LogP contribution in [0.25, 0.3) is 0 Å².